The van der Waals surface area contributed by atoms with Crippen LogP contribution in [0.1, 0.15) is 54.9 Å². The largest absolute Gasteiger partial charge is 0.417 e. The van der Waals surface area contributed by atoms with Crippen molar-refractivity contribution >= 4 is 11.6 Å². The molecule has 0 spiro atoms. The third-order valence-corrected chi connectivity index (χ3v) is 6.99. The predicted molar refractivity (Wildman–Crippen MR) is 177 cm³/mol. The van der Waals surface area contributed by atoms with Gasteiger partial charge >= 0.3 is 6.18 Å². The Kier molecular flexibility index (Phi) is 11.7. The maximum absolute atomic E-state index is 13.1. The van der Waals surface area contributed by atoms with Crippen LogP contribution in [0, 0.1) is 48.5 Å². The molecule has 0 fully saturated rings. The molecule has 228 valence electrons. The van der Waals surface area contributed by atoms with Crippen LogP contribution < -0.4 is 5.32 Å². The number of benzene rings is 5. The van der Waals surface area contributed by atoms with Gasteiger partial charge in [0.1, 0.15) is 0 Å². The molecule has 0 atom stereocenters. The molecule has 44 heavy (non-hydrogen) atoms. The van der Waals surface area contributed by atoms with E-state index in [0.29, 0.717) is 16.7 Å². The summed E-state index contributed by atoms with van der Waals surface area (Å²) in [6, 6.07) is 33.7. The maximum Gasteiger partial charge on any atom is 0.417 e. The van der Waals surface area contributed by atoms with E-state index < -0.39 is 11.7 Å². The Labute approximate surface area is 259 Å². The van der Waals surface area contributed by atoms with Crippen LogP contribution in [-0.2, 0) is 6.18 Å². The van der Waals surface area contributed by atoms with Gasteiger partial charge in [0.15, 0.2) is 0 Å². The summed E-state index contributed by atoms with van der Waals surface area (Å²) in [7, 11) is 0. The fourth-order valence-corrected chi connectivity index (χ4v) is 4.43. The van der Waals surface area contributed by atoms with E-state index in [9.17, 15) is 18.0 Å². The number of halogens is 3. The van der Waals surface area contributed by atoms with Gasteiger partial charge in [-0.05, 0) is 95.5 Å². The van der Waals surface area contributed by atoms with Gasteiger partial charge in [0.2, 0.25) is 0 Å². The second kappa shape index (κ2) is 15.2. The lowest BCUT2D eigenvalue weighted by atomic mass is 9.93. The minimum atomic E-state index is -4.33. The number of anilines is 1. The Morgan fingerprint density at radius 2 is 0.886 bits per heavy atom. The van der Waals surface area contributed by atoms with Crippen LogP contribution in [0.4, 0.5) is 18.9 Å². The highest BCUT2D eigenvalue weighted by molar-refractivity contribution is 6.04. The molecular weight excluding hydrogens is 555 g/mol. The summed E-state index contributed by atoms with van der Waals surface area (Å²) in [6.07, 6.45) is -4.33. The first-order valence-electron chi connectivity index (χ1n) is 14.5. The van der Waals surface area contributed by atoms with Gasteiger partial charge in [-0.3, -0.25) is 4.79 Å². The number of nitrogens with one attached hydrogen (secondary N) is 1. The van der Waals surface area contributed by atoms with E-state index in [1.54, 1.807) is 25.1 Å². The molecule has 0 bridgehead atoms. The monoisotopic (exact) mass is 595 g/mol. The standard InChI is InChI=1S/C16H15F3.C15H15NO.C8H10/c1-10-4-6-13(12(3)8-10)14-7-5-11(2)9-15(14)16(17,18)19;1-11-3-7-13(8-4-11)15(17)16-14-9-5-12(2)6-10-14;1-7-3-5-8(2)6-4-7/h4-9H,1-3H3;3-10H,1-2H3,(H,16,17);3-6H,1-2H3. The molecule has 5 aromatic rings. The van der Waals surface area contributed by atoms with Gasteiger partial charge in [-0.1, -0.05) is 112 Å². The SMILES string of the molecule is Cc1ccc(-c2ccc(C)cc2C(F)(F)F)c(C)c1.Cc1ccc(C)cc1.Cc1ccc(NC(=O)c2ccc(C)cc2)cc1. The van der Waals surface area contributed by atoms with Gasteiger partial charge in [-0.15, -0.1) is 0 Å². The van der Waals surface area contributed by atoms with Gasteiger partial charge in [0, 0.05) is 11.3 Å². The van der Waals surface area contributed by atoms with E-state index in [1.165, 1.54) is 22.8 Å². The van der Waals surface area contributed by atoms with Crippen LogP contribution in [0.15, 0.2) is 109 Å². The molecular formula is C39H40F3NO. The second-order valence-corrected chi connectivity index (χ2v) is 11.2. The van der Waals surface area contributed by atoms with Crippen molar-refractivity contribution in [1.29, 1.82) is 0 Å². The summed E-state index contributed by atoms with van der Waals surface area (Å²) in [5.41, 5.74) is 9.31. The first-order valence-corrected chi connectivity index (χ1v) is 14.5. The molecule has 5 rings (SSSR count). The Bertz CT molecular complexity index is 1650. The highest BCUT2D eigenvalue weighted by Gasteiger charge is 2.34. The van der Waals surface area contributed by atoms with Crippen molar-refractivity contribution in [2.24, 2.45) is 0 Å². The highest BCUT2D eigenvalue weighted by atomic mass is 19.4. The summed E-state index contributed by atoms with van der Waals surface area (Å²) in [6.45, 7) is 13.6. The van der Waals surface area contributed by atoms with Crippen LogP contribution in [0.3, 0.4) is 0 Å². The first kappa shape index (κ1) is 33.9. The average Bonchev–Trinajstić information content (AvgIpc) is 2.97. The third-order valence-electron chi connectivity index (χ3n) is 6.99. The lowest BCUT2D eigenvalue weighted by Crippen LogP contribution is -2.11. The molecule has 5 heteroatoms. The number of hydrogen-bond acceptors (Lipinski definition) is 1. The molecule has 0 saturated heterocycles. The fourth-order valence-electron chi connectivity index (χ4n) is 4.43. The van der Waals surface area contributed by atoms with Crippen LogP contribution in [0.2, 0.25) is 0 Å². The molecule has 0 aliphatic carbocycles. The van der Waals surface area contributed by atoms with Crippen molar-refractivity contribution in [3.8, 4) is 11.1 Å². The maximum atomic E-state index is 13.1. The lowest BCUT2D eigenvalue weighted by molar-refractivity contribution is -0.137. The van der Waals surface area contributed by atoms with E-state index in [1.807, 2.05) is 88.4 Å². The number of aryl methyl sites for hydroxylation is 7. The third kappa shape index (κ3) is 10.3. The van der Waals surface area contributed by atoms with E-state index in [2.05, 4.69) is 43.4 Å². The highest BCUT2D eigenvalue weighted by Crippen LogP contribution is 2.38. The molecule has 0 saturated carbocycles. The summed E-state index contributed by atoms with van der Waals surface area (Å²) < 4.78 is 39.4. The molecule has 0 heterocycles. The lowest BCUT2D eigenvalue weighted by Gasteiger charge is -2.16. The van der Waals surface area contributed by atoms with Gasteiger partial charge in [-0.2, -0.15) is 13.2 Å². The van der Waals surface area contributed by atoms with Crippen LogP contribution >= 0.6 is 0 Å². The number of amides is 1. The van der Waals surface area contributed by atoms with Crippen molar-refractivity contribution in [3.05, 3.63) is 159 Å². The van der Waals surface area contributed by atoms with Crippen LogP contribution in [-0.4, -0.2) is 5.91 Å². The van der Waals surface area contributed by atoms with Gasteiger partial charge < -0.3 is 5.32 Å². The van der Waals surface area contributed by atoms with Gasteiger partial charge in [0.25, 0.3) is 5.91 Å². The Morgan fingerprint density at radius 3 is 1.34 bits per heavy atom. The zero-order valence-electron chi connectivity index (χ0n) is 26.4. The average molecular weight is 596 g/mol. The molecule has 0 aliphatic rings. The van der Waals surface area contributed by atoms with Gasteiger partial charge in [-0.25, -0.2) is 0 Å². The summed E-state index contributed by atoms with van der Waals surface area (Å²) in [5, 5.41) is 2.87. The number of hydrogen-bond donors (Lipinski definition) is 1. The molecule has 0 unspecified atom stereocenters. The topological polar surface area (TPSA) is 29.1 Å². The molecule has 2 nitrogen and oxygen atoms in total. The van der Waals surface area contributed by atoms with Crippen LogP contribution in [0.25, 0.3) is 11.1 Å². The molecule has 5 aromatic carbocycles. The van der Waals surface area contributed by atoms with E-state index >= 15 is 0 Å². The van der Waals surface area contributed by atoms with Gasteiger partial charge in [0.05, 0.1) is 5.56 Å². The molecule has 0 radical (unpaired) electrons. The van der Waals surface area contributed by atoms with E-state index in [-0.39, 0.29) is 11.5 Å². The van der Waals surface area contributed by atoms with Crippen molar-refractivity contribution < 1.29 is 18.0 Å². The van der Waals surface area contributed by atoms with Crippen molar-refractivity contribution in [2.45, 2.75) is 54.6 Å². The molecule has 0 aliphatic heterocycles. The molecule has 1 amide bonds. The Morgan fingerprint density at radius 1 is 0.500 bits per heavy atom. The van der Waals surface area contributed by atoms with E-state index in [4.69, 9.17) is 0 Å². The fraction of sp³-hybridized carbons (Fsp3) is 0.205. The number of alkyl halides is 3. The van der Waals surface area contributed by atoms with Crippen molar-refractivity contribution in [2.75, 3.05) is 5.32 Å². The zero-order valence-corrected chi connectivity index (χ0v) is 26.4. The Balaban J connectivity index is 0.000000194. The van der Waals surface area contributed by atoms with Crippen LogP contribution in [0.5, 0.6) is 0 Å². The van der Waals surface area contributed by atoms with Crippen molar-refractivity contribution in [1.82, 2.24) is 0 Å². The number of carbonyl (C=O) groups is 1. The first-order chi connectivity index (χ1) is 20.7. The molecule has 0 aromatic heterocycles. The second-order valence-electron chi connectivity index (χ2n) is 11.2. The summed E-state index contributed by atoms with van der Waals surface area (Å²) >= 11 is 0. The van der Waals surface area contributed by atoms with E-state index in [0.717, 1.165) is 22.4 Å². The quantitative estimate of drug-likeness (QED) is 0.221. The summed E-state index contributed by atoms with van der Waals surface area (Å²) in [5.74, 6) is -0.0751. The Hall–Kier alpha value is -4.64. The number of carbonyl (C=O) groups excluding carboxylic acids is 1. The molecule has 1 N–H and O–H groups in total. The predicted octanol–water partition coefficient (Wildman–Crippen LogP) is 11.2. The van der Waals surface area contributed by atoms with Crippen molar-refractivity contribution in [3.63, 3.8) is 0 Å². The zero-order chi connectivity index (χ0) is 32.4. The summed E-state index contributed by atoms with van der Waals surface area (Å²) in [4.78, 5) is 11.9. The number of rotatable bonds is 3. The minimum Gasteiger partial charge on any atom is -0.322 e. The minimum absolute atomic E-state index is 0.0751. The smallest absolute Gasteiger partial charge is 0.322 e. The normalized spacial score (nSPS) is 10.6.